The quantitative estimate of drug-likeness (QED) is 0.835. The number of carbonyl (C=O) groups is 1. The summed E-state index contributed by atoms with van der Waals surface area (Å²) in [6, 6.07) is 7.71. The number of rotatable bonds is 4. The molecule has 2 nitrogen and oxygen atoms in total. The summed E-state index contributed by atoms with van der Waals surface area (Å²) in [6.45, 7) is 2.05. The normalized spacial score (nSPS) is 12.0. The van der Waals surface area contributed by atoms with Crippen LogP contribution in [-0.2, 0) is 0 Å². The van der Waals surface area contributed by atoms with Crippen molar-refractivity contribution >= 4 is 27.3 Å². The number of carbonyl (C=O) groups excluding carboxylic acids is 1. The Bertz CT molecular complexity index is 594. The summed E-state index contributed by atoms with van der Waals surface area (Å²) in [5.74, 6) is 2.54. The average molecular weight is 257 g/mol. The van der Waals surface area contributed by atoms with Crippen molar-refractivity contribution in [2.45, 2.75) is 25.8 Å². The molecule has 0 aliphatic rings. The van der Waals surface area contributed by atoms with Crippen LogP contribution >= 0.6 is 11.3 Å². The summed E-state index contributed by atoms with van der Waals surface area (Å²) in [6.07, 6.45) is 7.18. The van der Waals surface area contributed by atoms with Crippen molar-refractivity contribution in [3.05, 3.63) is 35.2 Å². The Morgan fingerprint density at radius 2 is 2.28 bits per heavy atom. The van der Waals surface area contributed by atoms with Crippen molar-refractivity contribution in [3.63, 3.8) is 0 Å². The molecule has 1 atom stereocenters. The zero-order chi connectivity index (χ0) is 13.0. The molecule has 0 spiro atoms. The fraction of sp³-hybridized carbons (Fsp3) is 0.267. The third-order valence-electron chi connectivity index (χ3n) is 2.81. The van der Waals surface area contributed by atoms with Gasteiger partial charge in [-0.15, -0.1) is 17.8 Å². The summed E-state index contributed by atoms with van der Waals surface area (Å²) in [5.41, 5.74) is 0.715. The Morgan fingerprint density at radius 3 is 3.00 bits per heavy atom. The smallest absolute Gasteiger partial charge is 0.253 e. The van der Waals surface area contributed by atoms with Gasteiger partial charge < -0.3 is 5.32 Å². The predicted molar refractivity (Wildman–Crippen MR) is 76.8 cm³/mol. The largest absolute Gasteiger partial charge is 0.338 e. The molecule has 92 valence electrons. The number of amides is 1. The van der Waals surface area contributed by atoms with Gasteiger partial charge in [-0.2, -0.15) is 0 Å². The Kier molecular flexibility index (Phi) is 4.01. The monoisotopic (exact) mass is 257 g/mol. The number of benzene rings is 1. The summed E-state index contributed by atoms with van der Waals surface area (Å²) < 4.78 is 1.12. The van der Waals surface area contributed by atoms with E-state index in [9.17, 15) is 4.79 Å². The molecule has 3 heteroatoms. The van der Waals surface area contributed by atoms with Crippen molar-refractivity contribution in [3.8, 4) is 12.3 Å². The van der Waals surface area contributed by atoms with Gasteiger partial charge in [0, 0.05) is 15.5 Å². The first kappa shape index (κ1) is 12.7. The van der Waals surface area contributed by atoms with Crippen LogP contribution in [0.5, 0.6) is 0 Å². The molecule has 1 amide bonds. The molecule has 0 aliphatic carbocycles. The highest BCUT2D eigenvalue weighted by atomic mass is 32.1. The first-order valence-corrected chi connectivity index (χ1v) is 6.87. The van der Waals surface area contributed by atoms with Gasteiger partial charge in [0.25, 0.3) is 5.91 Å². The molecule has 18 heavy (non-hydrogen) atoms. The molecule has 1 unspecified atom stereocenters. The van der Waals surface area contributed by atoms with Crippen molar-refractivity contribution in [2.75, 3.05) is 0 Å². The van der Waals surface area contributed by atoms with E-state index < -0.39 is 0 Å². The topological polar surface area (TPSA) is 29.1 Å². The number of hydrogen-bond acceptors (Lipinski definition) is 2. The van der Waals surface area contributed by atoms with E-state index in [0.29, 0.717) is 5.56 Å². The van der Waals surface area contributed by atoms with E-state index in [2.05, 4.69) is 18.2 Å². The molecule has 0 saturated carbocycles. The third-order valence-corrected chi connectivity index (χ3v) is 3.77. The number of terminal acetylenes is 1. The summed E-state index contributed by atoms with van der Waals surface area (Å²) in [4.78, 5) is 12.2. The van der Waals surface area contributed by atoms with Crippen molar-refractivity contribution in [1.29, 1.82) is 0 Å². The number of thiophene rings is 1. The van der Waals surface area contributed by atoms with Gasteiger partial charge in [-0.1, -0.05) is 37.5 Å². The standard InChI is InChI=1S/C15H15NOS/c1-3-7-11(4-2)16-15(17)13-10-18-14-9-6-5-8-12(13)14/h2,5-6,8-11H,3,7H2,1H3,(H,16,17). The molecule has 0 aliphatic heterocycles. The first-order valence-electron chi connectivity index (χ1n) is 5.99. The average Bonchev–Trinajstić information content (AvgIpc) is 2.82. The lowest BCUT2D eigenvalue weighted by Gasteiger charge is -2.11. The fourth-order valence-electron chi connectivity index (χ4n) is 1.88. The van der Waals surface area contributed by atoms with Crippen LogP contribution in [0, 0.1) is 12.3 Å². The molecule has 2 aromatic rings. The van der Waals surface area contributed by atoms with Crippen LogP contribution in [0.3, 0.4) is 0 Å². The third kappa shape index (κ3) is 2.55. The maximum atomic E-state index is 12.2. The summed E-state index contributed by atoms with van der Waals surface area (Å²) >= 11 is 1.58. The first-order chi connectivity index (χ1) is 8.76. The molecule has 2 rings (SSSR count). The van der Waals surface area contributed by atoms with E-state index in [0.717, 1.165) is 22.9 Å². The maximum absolute atomic E-state index is 12.2. The Morgan fingerprint density at radius 1 is 1.50 bits per heavy atom. The van der Waals surface area contributed by atoms with Crippen LogP contribution in [-0.4, -0.2) is 11.9 Å². The molecular formula is C15H15NOS. The second-order valence-electron chi connectivity index (χ2n) is 4.13. The van der Waals surface area contributed by atoms with Crippen LogP contribution in [0.15, 0.2) is 29.6 Å². The van der Waals surface area contributed by atoms with Crippen molar-refractivity contribution in [1.82, 2.24) is 5.32 Å². The number of fused-ring (bicyclic) bond motifs is 1. The second kappa shape index (κ2) is 5.70. The summed E-state index contributed by atoms with van der Waals surface area (Å²) in [7, 11) is 0. The van der Waals surface area contributed by atoms with Gasteiger partial charge >= 0.3 is 0 Å². The van der Waals surface area contributed by atoms with E-state index in [1.165, 1.54) is 0 Å². The predicted octanol–water partition coefficient (Wildman–Crippen LogP) is 3.43. The van der Waals surface area contributed by atoms with E-state index in [1.807, 2.05) is 29.6 Å². The van der Waals surface area contributed by atoms with E-state index in [-0.39, 0.29) is 11.9 Å². The van der Waals surface area contributed by atoms with Gasteiger partial charge in [0.05, 0.1) is 11.6 Å². The molecule has 1 aromatic heterocycles. The highest BCUT2D eigenvalue weighted by Crippen LogP contribution is 2.25. The van der Waals surface area contributed by atoms with Gasteiger partial charge in [0.15, 0.2) is 0 Å². The lowest BCUT2D eigenvalue weighted by Crippen LogP contribution is -2.33. The van der Waals surface area contributed by atoms with E-state index in [1.54, 1.807) is 11.3 Å². The lowest BCUT2D eigenvalue weighted by molar-refractivity contribution is 0.0946. The van der Waals surface area contributed by atoms with Crippen molar-refractivity contribution in [2.24, 2.45) is 0 Å². The minimum absolute atomic E-state index is 0.0798. The second-order valence-corrected chi connectivity index (χ2v) is 5.04. The van der Waals surface area contributed by atoms with Gasteiger partial charge in [-0.25, -0.2) is 0 Å². The molecule has 1 heterocycles. The van der Waals surface area contributed by atoms with Crippen LogP contribution < -0.4 is 5.32 Å². The molecule has 1 N–H and O–H groups in total. The van der Waals surface area contributed by atoms with Crippen LogP contribution in [0.1, 0.15) is 30.1 Å². The van der Waals surface area contributed by atoms with Crippen molar-refractivity contribution < 1.29 is 4.79 Å². The Balaban J connectivity index is 2.21. The minimum atomic E-state index is -0.179. The molecular weight excluding hydrogens is 242 g/mol. The number of nitrogens with one attached hydrogen (secondary N) is 1. The summed E-state index contributed by atoms with van der Waals surface area (Å²) in [5, 5.41) is 5.78. The van der Waals surface area contributed by atoms with Gasteiger partial charge in [-0.05, 0) is 12.5 Å². The molecule has 0 fully saturated rings. The van der Waals surface area contributed by atoms with Gasteiger partial charge in [0.1, 0.15) is 0 Å². The minimum Gasteiger partial charge on any atom is -0.338 e. The number of hydrogen-bond donors (Lipinski definition) is 1. The van der Waals surface area contributed by atoms with E-state index >= 15 is 0 Å². The lowest BCUT2D eigenvalue weighted by atomic mass is 10.1. The highest BCUT2D eigenvalue weighted by Gasteiger charge is 2.14. The van der Waals surface area contributed by atoms with E-state index in [4.69, 9.17) is 6.42 Å². The van der Waals surface area contributed by atoms with Crippen LogP contribution in [0.25, 0.3) is 10.1 Å². The van der Waals surface area contributed by atoms with Crippen LogP contribution in [0.4, 0.5) is 0 Å². The molecule has 0 radical (unpaired) electrons. The Hall–Kier alpha value is -1.79. The maximum Gasteiger partial charge on any atom is 0.253 e. The molecule has 0 bridgehead atoms. The fourth-order valence-corrected chi connectivity index (χ4v) is 2.82. The Labute approximate surface area is 111 Å². The van der Waals surface area contributed by atoms with Crippen LogP contribution in [0.2, 0.25) is 0 Å². The molecule has 1 aromatic carbocycles. The van der Waals surface area contributed by atoms with Gasteiger partial charge in [-0.3, -0.25) is 4.79 Å². The zero-order valence-corrected chi connectivity index (χ0v) is 11.1. The zero-order valence-electron chi connectivity index (χ0n) is 10.3. The highest BCUT2D eigenvalue weighted by molar-refractivity contribution is 7.17. The SMILES string of the molecule is C#CC(CCC)NC(=O)c1csc2ccccc12. The van der Waals surface area contributed by atoms with Gasteiger partial charge in [0.2, 0.25) is 0 Å². The molecule has 0 saturated heterocycles.